The van der Waals surface area contributed by atoms with Crippen LogP contribution < -0.4 is 11.1 Å². The zero-order chi connectivity index (χ0) is 10.2. The second kappa shape index (κ2) is 6.30. The Kier molecular flexibility index (Phi) is 4.90. The van der Waals surface area contributed by atoms with Crippen LogP contribution in [0.2, 0.25) is 0 Å². The molecule has 0 atom stereocenters. The fourth-order valence-corrected chi connectivity index (χ4v) is 1.82. The van der Waals surface area contributed by atoms with Crippen LogP contribution in [-0.4, -0.2) is 6.04 Å². The Morgan fingerprint density at radius 3 is 2.57 bits per heavy atom. The van der Waals surface area contributed by atoms with Crippen LogP contribution in [0.1, 0.15) is 32.1 Å². The Labute approximate surface area is 86.6 Å². The molecule has 1 aliphatic rings. The number of allylic oxidation sites excluding steroid dienone is 3. The summed E-state index contributed by atoms with van der Waals surface area (Å²) in [5.41, 5.74) is 6.35. The van der Waals surface area contributed by atoms with Crippen molar-refractivity contribution in [2.75, 3.05) is 0 Å². The molecule has 1 fully saturated rings. The van der Waals surface area contributed by atoms with Gasteiger partial charge in [-0.1, -0.05) is 25.8 Å². The van der Waals surface area contributed by atoms with Gasteiger partial charge < -0.3 is 11.1 Å². The van der Waals surface area contributed by atoms with Crippen molar-refractivity contribution in [3.8, 4) is 0 Å². The first-order valence-electron chi connectivity index (χ1n) is 5.34. The molecule has 0 aromatic rings. The summed E-state index contributed by atoms with van der Waals surface area (Å²) in [4.78, 5) is 0. The van der Waals surface area contributed by atoms with Gasteiger partial charge in [0.1, 0.15) is 0 Å². The van der Waals surface area contributed by atoms with Gasteiger partial charge in [0.25, 0.3) is 0 Å². The first-order valence-corrected chi connectivity index (χ1v) is 5.34. The highest BCUT2D eigenvalue weighted by Crippen LogP contribution is 2.18. The number of nitrogens with two attached hydrogens (primary N) is 1. The van der Waals surface area contributed by atoms with Gasteiger partial charge >= 0.3 is 0 Å². The van der Waals surface area contributed by atoms with Crippen molar-refractivity contribution < 1.29 is 0 Å². The highest BCUT2D eigenvalue weighted by atomic mass is 14.9. The molecule has 1 saturated carbocycles. The first kappa shape index (κ1) is 10.9. The van der Waals surface area contributed by atoms with E-state index >= 15 is 0 Å². The summed E-state index contributed by atoms with van der Waals surface area (Å²) in [5.74, 6) is 0. The fourth-order valence-electron chi connectivity index (χ4n) is 1.82. The van der Waals surface area contributed by atoms with Gasteiger partial charge in [0.15, 0.2) is 0 Å². The molecule has 1 aliphatic carbocycles. The second-order valence-electron chi connectivity index (χ2n) is 3.69. The number of hydrogen-bond donors (Lipinski definition) is 2. The van der Waals surface area contributed by atoms with E-state index in [4.69, 9.17) is 5.73 Å². The van der Waals surface area contributed by atoms with Crippen LogP contribution in [0.15, 0.2) is 36.7 Å². The lowest BCUT2D eigenvalue weighted by atomic mass is 9.95. The molecule has 0 aromatic carbocycles. The minimum atomic E-state index is 0.624. The Bertz CT molecular complexity index is 222. The largest absolute Gasteiger partial charge is 0.405 e. The minimum absolute atomic E-state index is 0.624. The van der Waals surface area contributed by atoms with Crippen molar-refractivity contribution in [1.29, 1.82) is 0 Å². The van der Waals surface area contributed by atoms with Crippen molar-refractivity contribution in [1.82, 2.24) is 5.32 Å². The Hall–Kier alpha value is -1.18. The third kappa shape index (κ3) is 3.69. The Morgan fingerprint density at radius 1 is 1.29 bits per heavy atom. The van der Waals surface area contributed by atoms with Gasteiger partial charge in [-0.15, -0.1) is 0 Å². The van der Waals surface area contributed by atoms with Crippen molar-refractivity contribution >= 4 is 0 Å². The molecule has 2 nitrogen and oxygen atoms in total. The summed E-state index contributed by atoms with van der Waals surface area (Å²) in [6.07, 6.45) is 13.8. The highest BCUT2D eigenvalue weighted by Gasteiger charge is 2.12. The molecule has 14 heavy (non-hydrogen) atoms. The molecule has 0 spiro atoms. The molecule has 0 saturated heterocycles. The Balaban J connectivity index is 2.42. The van der Waals surface area contributed by atoms with Crippen LogP contribution in [-0.2, 0) is 0 Å². The normalized spacial score (nSPS) is 19.9. The van der Waals surface area contributed by atoms with E-state index in [-0.39, 0.29) is 0 Å². The van der Waals surface area contributed by atoms with Crippen LogP contribution in [0.4, 0.5) is 0 Å². The lowest BCUT2D eigenvalue weighted by Crippen LogP contribution is -2.29. The third-order valence-corrected chi connectivity index (χ3v) is 2.58. The van der Waals surface area contributed by atoms with Crippen LogP contribution in [0.5, 0.6) is 0 Å². The zero-order valence-corrected chi connectivity index (χ0v) is 8.71. The third-order valence-electron chi connectivity index (χ3n) is 2.58. The quantitative estimate of drug-likeness (QED) is 0.671. The molecule has 2 heteroatoms. The smallest absolute Gasteiger partial charge is 0.0336 e. The van der Waals surface area contributed by atoms with Crippen molar-refractivity contribution in [3.63, 3.8) is 0 Å². The van der Waals surface area contributed by atoms with Gasteiger partial charge in [-0.2, -0.15) is 0 Å². The number of rotatable bonds is 4. The minimum Gasteiger partial charge on any atom is -0.405 e. The molecule has 0 unspecified atom stereocenters. The molecule has 1 rings (SSSR count). The maximum atomic E-state index is 5.28. The number of hydrogen-bond acceptors (Lipinski definition) is 2. The molecule has 3 N–H and O–H groups in total. The van der Waals surface area contributed by atoms with Crippen molar-refractivity contribution in [3.05, 3.63) is 36.7 Å². The molecular formula is C12H20N2. The summed E-state index contributed by atoms with van der Waals surface area (Å²) in [6.45, 7) is 3.77. The summed E-state index contributed by atoms with van der Waals surface area (Å²) >= 11 is 0. The van der Waals surface area contributed by atoms with Crippen LogP contribution in [0, 0.1) is 0 Å². The van der Waals surface area contributed by atoms with E-state index in [0.29, 0.717) is 6.04 Å². The van der Waals surface area contributed by atoms with Gasteiger partial charge in [-0.05, 0) is 37.3 Å². The van der Waals surface area contributed by atoms with Gasteiger partial charge in [0, 0.05) is 11.7 Å². The molecule has 0 aromatic heterocycles. The molecule has 0 aliphatic heterocycles. The summed E-state index contributed by atoms with van der Waals surface area (Å²) in [5, 5.41) is 3.48. The van der Waals surface area contributed by atoms with Crippen LogP contribution in [0.25, 0.3) is 0 Å². The lowest BCUT2D eigenvalue weighted by Gasteiger charge is -2.24. The highest BCUT2D eigenvalue weighted by molar-refractivity contribution is 5.20. The monoisotopic (exact) mass is 192 g/mol. The number of nitrogens with one attached hydrogen (secondary N) is 1. The van der Waals surface area contributed by atoms with E-state index in [9.17, 15) is 0 Å². The maximum Gasteiger partial charge on any atom is 0.0336 e. The standard InChI is InChI=1S/C12H20N2/c1-2-11(9-6-10-13)14-12-7-4-3-5-8-12/h2,6,9-10,12,14H,1,3-5,7-8,13H2/b10-6+,11-9+. The summed E-state index contributed by atoms with van der Waals surface area (Å²) < 4.78 is 0. The fraction of sp³-hybridized carbons (Fsp3) is 0.500. The van der Waals surface area contributed by atoms with E-state index in [1.807, 2.05) is 18.2 Å². The van der Waals surface area contributed by atoms with Gasteiger partial charge in [-0.3, -0.25) is 0 Å². The predicted molar refractivity (Wildman–Crippen MR) is 61.6 cm³/mol. The lowest BCUT2D eigenvalue weighted by molar-refractivity contribution is 0.399. The molecule has 0 radical (unpaired) electrons. The molecule has 0 heterocycles. The summed E-state index contributed by atoms with van der Waals surface area (Å²) in [6, 6.07) is 0.624. The van der Waals surface area contributed by atoms with Crippen molar-refractivity contribution in [2.45, 2.75) is 38.1 Å². The van der Waals surface area contributed by atoms with E-state index in [1.165, 1.54) is 38.3 Å². The molecular weight excluding hydrogens is 172 g/mol. The van der Waals surface area contributed by atoms with E-state index in [0.717, 1.165) is 5.70 Å². The zero-order valence-electron chi connectivity index (χ0n) is 8.71. The summed E-state index contributed by atoms with van der Waals surface area (Å²) in [7, 11) is 0. The molecule has 78 valence electrons. The van der Waals surface area contributed by atoms with Gasteiger partial charge in [0.2, 0.25) is 0 Å². The van der Waals surface area contributed by atoms with Crippen molar-refractivity contribution in [2.24, 2.45) is 5.73 Å². The van der Waals surface area contributed by atoms with Crippen LogP contribution >= 0.6 is 0 Å². The molecule has 0 bridgehead atoms. The Morgan fingerprint density at radius 2 is 2.00 bits per heavy atom. The average Bonchev–Trinajstić information content (AvgIpc) is 2.25. The van der Waals surface area contributed by atoms with Gasteiger partial charge in [-0.25, -0.2) is 0 Å². The predicted octanol–water partition coefficient (Wildman–Crippen LogP) is 2.45. The van der Waals surface area contributed by atoms with Gasteiger partial charge in [0.05, 0.1) is 0 Å². The topological polar surface area (TPSA) is 38.0 Å². The van der Waals surface area contributed by atoms with E-state index in [1.54, 1.807) is 0 Å². The van der Waals surface area contributed by atoms with E-state index < -0.39 is 0 Å². The molecule has 0 amide bonds. The van der Waals surface area contributed by atoms with Crippen LogP contribution in [0.3, 0.4) is 0 Å². The van der Waals surface area contributed by atoms with E-state index in [2.05, 4.69) is 11.9 Å². The maximum absolute atomic E-state index is 5.28. The second-order valence-corrected chi connectivity index (χ2v) is 3.69. The first-order chi connectivity index (χ1) is 6.86. The average molecular weight is 192 g/mol. The SMILES string of the molecule is C=C/C(=C\C=C\N)NC1CCCCC1.